The van der Waals surface area contributed by atoms with Crippen molar-refractivity contribution in [1.29, 1.82) is 0 Å². The lowest BCUT2D eigenvalue weighted by Gasteiger charge is -2.42. The van der Waals surface area contributed by atoms with E-state index in [0.29, 0.717) is 26.2 Å². The second-order valence-electron chi connectivity index (χ2n) is 7.97. The summed E-state index contributed by atoms with van der Waals surface area (Å²) in [4.78, 5) is 28.1. The van der Waals surface area contributed by atoms with Gasteiger partial charge < -0.3 is 9.64 Å². The van der Waals surface area contributed by atoms with Crippen molar-refractivity contribution < 1.29 is 9.53 Å². The van der Waals surface area contributed by atoms with Gasteiger partial charge >= 0.3 is 0 Å². The van der Waals surface area contributed by atoms with Crippen LogP contribution in [-0.4, -0.2) is 57.5 Å². The van der Waals surface area contributed by atoms with Gasteiger partial charge in [0.15, 0.2) is 5.60 Å². The second-order valence-corrected chi connectivity index (χ2v) is 9.69. The molecule has 0 N–H and O–H groups in total. The summed E-state index contributed by atoms with van der Waals surface area (Å²) in [7, 11) is 0. The van der Waals surface area contributed by atoms with Crippen molar-refractivity contribution in [2.24, 2.45) is 0 Å². The van der Waals surface area contributed by atoms with E-state index in [-0.39, 0.29) is 11.8 Å². The van der Waals surface area contributed by atoms with Gasteiger partial charge in [-0.15, -0.1) is 11.3 Å². The fourth-order valence-corrected chi connectivity index (χ4v) is 6.03. The predicted octanol–water partition coefficient (Wildman–Crippen LogP) is 3.31. The first-order valence-corrected chi connectivity index (χ1v) is 11.9. The minimum absolute atomic E-state index is 0.0443. The molecule has 2 aliphatic heterocycles. The van der Waals surface area contributed by atoms with Gasteiger partial charge in [-0.05, 0) is 40.9 Å². The Labute approximate surface area is 184 Å². The summed E-state index contributed by atoms with van der Waals surface area (Å²) < 4.78 is 6.36. The van der Waals surface area contributed by atoms with Crippen molar-refractivity contribution in [3.05, 3.63) is 68.6 Å². The SMILES string of the molecule is Cc1ncsc1CN1CC(c2cccnc2)C2(C1)OCCN(Cc1ccsc1)C2=O. The highest BCUT2D eigenvalue weighted by molar-refractivity contribution is 7.09. The van der Waals surface area contributed by atoms with Crippen molar-refractivity contribution in [2.75, 3.05) is 26.2 Å². The van der Waals surface area contributed by atoms with Crippen molar-refractivity contribution in [1.82, 2.24) is 19.8 Å². The van der Waals surface area contributed by atoms with Crippen molar-refractivity contribution >= 4 is 28.6 Å². The van der Waals surface area contributed by atoms with Crippen LogP contribution in [-0.2, 0) is 22.6 Å². The molecule has 6 nitrogen and oxygen atoms in total. The average Bonchev–Trinajstić information content (AvgIpc) is 3.49. The maximum Gasteiger partial charge on any atom is 0.257 e. The molecule has 0 aliphatic carbocycles. The van der Waals surface area contributed by atoms with Crippen LogP contribution in [0.2, 0.25) is 0 Å². The number of nitrogens with zero attached hydrogens (tertiary/aromatic N) is 4. The molecule has 0 aromatic carbocycles. The minimum atomic E-state index is -0.865. The highest BCUT2D eigenvalue weighted by atomic mass is 32.1. The van der Waals surface area contributed by atoms with Gasteiger partial charge in [-0.1, -0.05) is 6.07 Å². The zero-order chi connectivity index (χ0) is 20.6. The van der Waals surface area contributed by atoms with Crippen molar-refractivity contribution in [3.63, 3.8) is 0 Å². The number of carbonyl (C=O) groups is 1. The van der Waals surface area contributed by atoms with E-state index in [1.807, 2.05) is 29.6 Å². The molecule has 2 fully saturated rings. The molecule has 5 heterocycles. The van der Waals surface area contributed by atoms with Crippen LogP contribution in [0, 0.1) is 6.92 Å². The van der Waals surface area contributed by atoms with Crippen LogP contribution in [0.25, 0.3) is 0 Å². The fourth-order valence-electron chi connectivity index (χ4n) is 4.56. The number of aromatic nitrogens is 2. The molecular formula is C22H24N4O2S2. The molecular weight excluding hydrogens is 416 g/mol. The molecule has 0 bridgehead atoms. The maximum atomic E-state index is 13.8. The smallest absolute Gasteiger partial charge is 0.257 e. The first-order chi connectivity index (χ1) is 14.7. The van der Waals surface area contributed by atoms with Gasteiger partial charge in [-0.25, -0.2) is 4.98 Å². The van der Waals surface area contributed by atoms with E-state index in [2.05, 4.69) is 37.8 Å². The van der Waals surface area contributed by atoms with Crippen LogP contribution < -0.4 is 0 Å². The topological polar surface area (TPSA) is 58.6 Å². The summed E-state index contributed by atoms with van der Waals surface area (Å²) in [6, 6.07) is 6.09. The Balaban J connectivity index is 1.46. The van der Waals surface area contributed by atoms with Crippen LogP contribution in [0.3, 0.4) is 0 Å². The zero-order valence-corrected chi connectivity index (χ0v) is 18.5. The van der Waals surface area contributed by atoms with Gasteiger partial charge in [-0.3, -0.25) is 14.7 Å². The number of hydrogen-bond donors (Lipinski definition) is 0. The third-order valence-corrected chi connectivity index (χ3v) is 7.74. The molecule has 1 amide bonds. The highest BCUT2D eigenvalue weighted by Gasteiger charge is 2.57. The number of amides is 1. The largest absolute Gasteiger partial charge is 0.361 e. The summed E-state index contributed by atoms with van der Waals surface area (Å²) in [6.45, 7) is 6.01. The molecule has 30 heavy (non-hydrogen) atoms. The molecule has 3 aromatic heterocycles. The van der Waals surface area contributed by atoms with Gasteiger partial charge in [0.05, 0.1) is 17.8 Å². The van der Waals surface area contributed by atoms with E-state index in [1.54, 1.807) is 28.9 Å². The minimum Gasteiger partial charge on any atom is -0.361 e. The van der Waals surface area contributed by atoms with Crippen molar-refractivity contribution in [3.8, 4) is 0 Å². The standard InChI is InChI=1S/C22H24N4O2S2/c1-16-20(30-15-24-16)12-25-11-19(18-3-2-5-23-9-18)22(14-25)21(27)26(6-7-28-22)10-17-4-8-29-13-17/h2-5,8-9,13,15,19H,6-7,10-12,14H2,1H3. The second kappa shape index (κ2) is 8.19. The van der Waals surface area contributed by atoms with Gasteiger partial charge in [0.25, 0.3) is 5.91 Å². The third kappa shape index (κ3) is 3.58. The first kappa shape index (κ1) is 19.8. The van der Waals surface area contributed by atoms with Crippen LogP contribution in [0.1, 0.15) is 27.6 Å². The van der Waals surface area contributed by atoms with Gasteiger partial charge in [-0.2, -0.15) is 11.3 Å². The summed E-state index contributed by atoms with van der Waals surface area (Å²) in [5.41, 5.74) is 4.33. The van der Waals surface area contributed by atoms with E-state index in [1.165, 1.54) is 10.4 Å². The predicted molar refractivity (Wildman–Crippen MR) is 118 cm³/mol. The zero-order valence-electron chi connectivity index (χ0n) is 16.9. The molecule has 2 saturated heterocycles. The third-order valence-electron chi connectivity index (χ3n) is 6.08. The fraction of sp³-hybridized carbons (Fsp3) is 0.409. The van der Waals surface area contributed by atoms with Crippen LogP contribution in [0.4, 0.5) is 0 Å². The van der Waals surface area contributed by atoms with E-state index in [4.69, 9.17) is 4.74 Å². The Bertz CT molecular complexity index is 1010. The van der Waals surface area contributed by atoms with E-state index >= 15 is 0 Å². The van der Waals surface area contributed by atoms with Gasteiger partial charge in [0.2, 0.25) is 0 Å². The highest BCUT2D eigenvalue weighted by Crippen LogP contribution is 2.42. The van der Waals surface area contributed by atoms with Crippen molar-refractivity contribution in [2.45, 2.75) is 31.5 Å². The number of morpholine rings is 1. The molecule has 1 spiro atoms. The quantitative estimate of drug-likeness (QED) is 0.609. The molecule has 0 radical (unpaired) electrons. The monoisotopic (exact) mass is 440 g/mol. The molecule has 2 aliphatic rings. The lowest BCUT2D eigenvalue weighted by molar-refractivity contribution is -0.173. The molecule has 3 aromatic rings. The lowest BCUT2D eigenvalue weighted by atomic mass is 9.83. The number of aryl methyl sites for hydroxylation is 1. The lowest BCUT2D eigenvalue weighted by Crippen LogP contribution is -2.59. The van der Waals surface area contributed by atoms with Gasteiger partial charge in [0, 0.05) is 55.9 Å². The first-order valence-electron chi connectivity index (χ1n) is 10.1. The van der Waals surface area contributed by atoms with E-state index < -0.39 is 5.60 Å². The summed E-state index contributed by atoms with van der Waals surface area (Å²) in [5, 5.41) is 4.17. The Hall–Kier alpha value is -2.13. The number of ether oxygens (including phenoxy) is 1. The number of thiophene rings is 1. The molecule has 8 heteroatoms. The Kier molecular flexibility index (Phi) is 5.41. The molecule has 5 rings (SSSR count). The summed E-state index contributed by atoms with van der Waals surface area (Å²) in [6.07, 6.45) is 3.65. The number of hydrogen-bond acceptors (Lipinski definition) is 7. The summed E-state index contributed by atoms with van der Waals surface area (Å²) >= 11 is 3.34. The normalized spacial score (nSPS) is 24.8. The number of likely N-dealkylation sites (tertiary alicyclic amines) is 1. The molecule has 0 saturated carbocycles. The Morgan fingerprint density at radius 1 is 1.33 bits per heavy atom. The number of rotatable bonds is 5. The van der Waals surface area contributed by atoms with Crippen LogP contribution in [0.5, 0.6) is 0 Å². The Morgan fingerprint density at radius 3 is 3.00 bits per heavy atom. The molecule has 2 atom stereocenters. The summed E-state index contributed by atoms with van der Waals surface area (Å²) in [5.74, 6) is 0.0505. The van der Waals surface area contributed by atoms with Gasteiger partial charge in [0.1, 0.15) is 0 Å². The molecule has 156 valence electrons. The maximum absolute atomic E-state index is 13.8. The van der Waals surface area contributed by atoms with Crippen LogP contribution >= 0.6 is 22.7 Å². The number of thiazole rings is 1. The Morgan fingerprint density at radius 2 is 2.27 bits per heavy atom. The average molecular weight is 441 g/mol. The number of carbonyl (C=O) groups excluding carboxylic acids is 1. The van der Waals surface area contributed by atoms with E-state index in [0.717, 1.165) is 24.3 Å². The number of pyridine rings is 1. The van der Waals surface area contributed by atoms with Crippen LogP contribution in [0.15, 0.2) is 46.9 Å². The molecule has 2 unspecified atom stereocenters. The van der Waals surface area contributed by atoms with E-state index in [9.17, 15) is 4.79 Å².